The summed E-state index contributed by atoms with van der Waals surface area (Å²) in [5.41, 5.74) is 9.24. The van der Waals surface area contributed by atoms with Gasteiger partial charge in [-0.3, -0.25) is 4.79 Å². The number of benzene rings is 2. The highest BCUT2D eigenvalue weighted by atomic mass is 32.2. The maximum absolute atomic E-state index is 11.4. The maximum atomic E-state index is 11.4. The molecule has 0 aliphatic heterocycles. The molecule has 146 valence electrons. The highest BCUT2D eigenvalue weighted by Crippen LogP contribution is 2.33. The van der Waals surface area contributed by atoms with Gasteiger partial charge in [-0.2, -0.15) is 9.90 Å². The van der Waals surface area contributed by atoms with Gasteiger partial charge in [0.15, 0.2) is 5.16 Å². The van der Waals surface area contributed by atoms with Crippen LogP contribution in [0.4, 0.5) is 0 Å². The Morgan fingerprint density at radius 1 is 1.17 bits per heavy atom. The van der Waals surface area contributed by atoms with Crippen LogP contribution in [0.15, 0.2) is 66.2 Å². The van der Waals surface area contributed by atoms with Crippen molar-refractivity contribution in [3.63, 3.8) is 0 Å². The van der Waals surface area contributed by atoms with Gasteiger partial charge >= 0.3 is 0 Å². The molecule has 0 aliphatic rings. The van der Waals surface area contributed by atoms with Crippen LogP contribution in [-0.4, -0.2) is 35.7 Å². The van der Waals surface area contributed by atoms with Gasteiger partial charge in [0.05, 0.1) is 11.9 Å². The summed E-state index contributed by atoms with van der Waals surface area (Å²) in [6, 6.07) is 15.1. The van der Waals surface area contributed by atoms with E-state index >= 15 is 0 Å². The zero-order chi connectivity index (χ0) is 20.4. The first kappa shape index (κ1) is 18.9. The van der Waals surface area contributed by atoms with Gasteiger partial charge in [0.25, 0.3) is 0 Å². The van der Waals surface area contributed by atoms with E-state index in [4.69, 9.17) is 5.73 Å². The van der Waals surface area contributed by atoms with Crippen LogP contribution in [-0.2, 0) is 7.05 Å². The van der Waals surface area contributed by atoms with E-state index in [9.17, 15) is 4.79 Å². The van der Waals surface area contributed by atoms with Gasteiger partial charge in [0.2, 0.25) is 5.91 Å². The molecule has 1 atom stereocenters. The predicted molar refractivity (Wildman–Crippen MR) is 111 cm³/mol. The zero-order valence-electron chi connectivity index (χ0n) is 15.9. The Hall–Kier alpha value is -3.46. The molecule has 1 amide bonds. The van der Waals surface area contributed by atoms with Crippen molar-refractivity contribution in [1.82, 2.24) is 29.8 Å². The third-order valence-electron chi connectivity index (χ3n) is 4.46. The molecule has 2 aromatic heterocycles. The first-order valence-corrected chi connectivity index (χ1v) is 9.83. The van der Waals surface area contributed by atoms with E-state index in [1.54, 1.807) is 47.3 Å². The van der Waals surface area contributed by atoms with E-state index < -0.39 is 5.91 Å². The van der Waals surface area contributed by atoms with Gasteiger partial charge in [-0.05, 0) is 36.8 Å². The van der Waals surface area contributed by atoms with Crippen molar-refractivity contribution in [3.05, 3.63) is 72.2 Å². The maximum Gasteiger partial charge on any atom is 0.248 e. The normalized spacial score (nSPS) is 12.1. The second-order valence-electron chi connectivity index (χ2n) is 6.54. The van der Waals surface area contributed by atoms with Gasteiger partial charge in [0.1, 0.15) is 12.0 Å². The summed E-state index contributed by atoms with van der Waals surface area (Å²) in [4.78, 5) is 13.0. The smallest absolute Gasteiger partial charge is 0.248 e. The number of primary amides is 1. The second-order valence-corrected chi connectivity index (χ2v) is 7.85. The van der Waals surface area contributed by atoms with E-state index in [1.165, 1.54) is 0 Å². The number of amides is 1. The van der Waals surface area contributed by atoms with Crippen LogP contribution in [0.3, 0.4) is 0 Å². The highest BCUT2D eigenvalue weighted by molar-refractivity contribution is 7.99. The number of nitrogens with zero attached hydrogens (tertiary/aromatic N) is 6. The third-order valence-corrected chi connectivity index (χ3v) is 5.66. The molecule has 2 N–H and O–H groups in total. The van der Waals surface area contributed by atoms with E-state index in [2.05, 4.69) is 39.5 Å². The van der Waals surface area contributed by atoms with Gasteiger partial charge < -0.3 is 10.3 Å². The summed E-state index contributed by atoms with van der Waals surface area (Å²) >= 11 is 1.64. The van der Waals surface area contributed by atoms with Gasteiger partial charge in [-0.1, -0.05) is 36.0 Å². The van der Waals surface area contributed by atoms with Crippen LogP contribution < -0.4 is 5.73 Å². The SMILES string of the molecule is C[C@H](Sc1nncn1C)c1cccc(-n2ncc(-c3cccc(C(N)=O)c3)n2)c1. The average Bonchev–Trinajstić information content (AvgIpc) is 3.38. The lowest BCUT2D eigenvalue weighted by Gasteiger charge is -2.12. The molecule has 0 spiro atoms. The lowest BCUT2D eigenvalue weighted by Crippen LogP contribution is -2.10. The Morgan fingerprint density at radius 2 is 2.00 bits per heavy atom. The summed E-state index contributed by atoms with van der Waals surface area (Å²) in [5, 5.41) is 18.0. The molecular weight excluding hydrogens is 386 g/mol. The van der Waals surface area contributed by atoms with Gasteiger partial charge in [-0.15, -0.1) is 15.3 Å². The number of thioether (sulfide) groups is 1. The molecule has 0 radical (unpaired) electrons. The van der Waals surface area contributed by atoms with Gasteiger partial charge in [-0.25, -0.2) is 0 Å². The van der Waals surface area contributed by atoms with E-state index in [0.717, 1.165) is 22.0 Å². The molecule has 0 aliphatic carbocycles. The molecule has 8 nitrogen and oxygen atoms in total. The van der Waals surface area contributed by atoms with E-state index in [1.807, 2.05) is 29.8 Å². The molecule has 0 saturated carbocycles. The van der Waals surface area contributed by atoms with Crippen molar-refractivity contribution >= 4 is 17.7 Å². The lowest BCUT2D eigenvalue weighted by molar-refractivity contribution is 0.100. The van der Waals surface area contributed by atoms with Crippen LogP contribution in [0.5, 0.6) is 0 Å². The van der Waals surface area contributed by atoms with Crippen molar-refractivity contribution in [2.24, 2.45) is 12.8 Å². The Balaban J connectivity index is 1.58. The van der Waals surface area contributed by atoms with Crippen molar-refractivity contribution in [2.45, 2.75) is 17.3 Å². The Bertz CT molecular complexity index is 1170. The van der Waals surface area contributed by atoms with Crippen LogP contribution in [0.25, 0.3) is 16.9 Å². The zero-order valence-corrected chi connectivity index (χ0v) is 16.7. The van der Waals surface area contributed by atoms with Crippen molar-refractivity contribution in [2.75, 3.05) is 0 Å². The minimum absolute atomic E-state index is 0.181. The molecule has 2 heterocycles. The van der Waals surface area contributed by atoms with Crippen LogP contribution in [0, 0.1) is 0 Å². The molecule has 0 saturated heterocycles. The van der Waals surface area contributed by atoms with Crippen LogP contribution >= 0.6 is 11.8 Å². The van der Waals surface area contributed by atoms with Crippen molar-refractivity contribution in [3.8, 4) is 16.9 Å². The minimum Gasteiger partial charge on any atom is -0.366 e. The summed E-state index contributed by atoms with van der Waals surface area (Å²) < 4.78 is 1.90. The number of hydrogen-bond acceptors (Lipinski definition) is 6. The Labute approximate surface area is 171 Å². The van der Waals surface area contributed by atoms with Gasteiger partial charge in [0, 0.05) is 23.4 Å². The summed E-state index contributed by atoms with van der Waals surface area (Å²) in [7, 11) is 1.92. The number of aromatic nitrogens is 6. The molecule has 0 unspecified atom stereocenters. The molecule has 4 aromatic rings. The average molecular weight is 405 g/mol. The Morgan fingerprint density at radius 3 is 2.76 bits per heavy atom. The van der Waals surface area contributed by atoms with Crippen molar-refractivity contribution < 1.29 is 4.79 Å². The number of carbonyl (C=O) groups excluding carboxylic acids is 1. The molecule has 2 aromatic carbocycles. The molecule has 29 heavy (non-hydrogen) atoms. The topological polar surface area (TPSA) is 105 Å². The highest BCUT2D eigenvalue weighted by Gasteiger charge is 2.13. The summed E-state index contributed by atoms with van der Waals surface area (Å²) in [6.07, 6.45) is 3.36. The summed E-state index contributed by atoms with van der Waals surface area (Å²) in [5.74, 6) is -0.471. The molecular formula is C20H19N7OS. The van der Waals surface area contributed by atoms with E-state index in [0.29, 0.717) is 11.3 Å². The quantitative estimate of drug-likeness (QED) is 0.495. The number of aryl methyl sites for hydroxylation is 1. The third kappa shape index (κ3) is 4.04. The number of nitrogens with two attached hydrogens (primary N) is 1. The first-order chi connectivity index (χ1) is 14.0. The lowest BCUT2D eigenvalue weighted by atomic mass is 10.1. The largest absolute Gasteiger partial charge is 0.366 e. The van der Waals surface area contributed by atoms with Crippen molar-refractivity contribution in [1.29, 1.82) is 0 Å². The fourth-order valence-corrected chi connectivity index (χ4v) is 3.77. The fraction of sp³-hybridized carbons (Fsp3) is 0.150. The second kappa shape index (κ2) is 7.88. The van der Waals surface area contributed by atoms with Crippen LogP contribution in [0.1, 0.15) is 28.1 Å². The van der Waals surface area contributed by atoms with E-state index in [-0.39, 0.29) is 5.25 Å². The first-order valence-electron chi connectivity index (χ1n) is 8.95. The fourth-order valence-electron chi connectivity index (χ4n) is 2.86. The number of rotatable bonds is 6. The number of hydrogen-bond donors (Lipinski definition) is 1. The monoisotopic (exact) mass is 405 g/mol. The molecule has 0 fully saturated rings. The molecule has 4 rings (SSSR count). The molecule has 0 bridgehead atoms. The van der Waals surface area contributed by atoms with Crippen LogP contribution in [0.2, 0.25) is 0 Å². The summed E-state index contributed by atoms with van der Waals surface area (Å²) in [6.45, 7) is 2.12. The predicted octanol–water partition coefficient (Wildman–Crippen LogP) is 3.01. The minimum atomic E-state index is -0.471. The Kier molecular flexibility index (Phi) is 5.13. The number of carbonyl (C=O) groups is 1. The molecule has 9 heteroatoms. The standard InChI is InChI=1S/C20H19N7OS/c1-13(29-20-24-22-12-26(20)2)14-5-4-8-17(10-14)27-23-11-18(25-27)15-6-3-7-16(9-15)19(21)28/h3-13H,1-2H3,(H2,21,28)/t13-/m0/s1.